The standard InChI is InChI=1S/C17H17N3O2/c1-10-4-5-13-7-16(22-15(13)6-10)17(21)18-8-14-11(2)19-9-20-12(14)3/h4-7,9H,8H2,1-3H3,(H,18,21). The molecule has 2 heterocycles. The summed E-state index contributed by atoms with van der Waals surface area (Å²) >= 11 is 0. The maximum atomic E-state index is 12.2. The van der Waals surface area contributed by atoms with E-state index in [1.165, 1.54) is 6.33 Å². The van der Waals surface area contributed by atoms with E-state index in [2.05, 4.69) is 15.3 Å². The second-order valence-corrected chi connectivity index (χ2v) is 5.36. The molecule has 1 amide bonds. The summed E-state index contributed by atoms with van der Waals surface area (Å²) in [4.78, 5) is 20.5. The molecule has 3 aromatic rings. The molecule has 0 fully saturated rings. The van der Waals surface area contributed by atoms with Crippen molar-refractivity contribution >= 4 is 16.9 Å². The van der Waals surface area contributed by atoms with E-state index in [1.54, 1.807) is 6.07 Å². The Morgan fingerprint density at radius 2 is 1.86 bits per heavy atom. The van der Waals surface area contributed by atoms with Crippen LogP contribution in [0.4, 0.5) is 0 Å². The minimum Gasteiger partial charge on any atom is -0.451 e. The third kappa shape index (κ3) is 2.70. The van der Waals surface area contributed by atoms with E-state index >= 15 is 0 Å². The van der Waals surface area contributed by atoms with Crippen molar-refractivity contribution in [2.45, 2.75) is 27.3 Å². The van der Waals surface area contributed by atoms with Gasteiger partial charge in [0.1, 0.15) is 11.9 Å². The Labute approximate surface area is 128 Å². The summed E-state index contributed by atoms with van der Waals surface area (Å²) in [5.41, 5.74) is 4.49. The number of hydrogen-bond acceptors (Lipinski definition) is 4. The van der Waals surface area contributed by atoms with Crippen LogP contribution >= 0.6 is 0 Å². The normalized spacial score (nSPS) is 10.9. The van der Waals surface area contributed by atoms with Gasteiger partial charge >= 0.3 is 0 Å². The molecular formula is C17H17N3O2. The lowest BCUT2D eigenvalue weighted by atomic mass is 10.1. The van der Waals surface area contributed by atoms with Crippen LogP contribution in [-0.2, 0) is 6.54 Å². The van der Waals surface area contributed by atoms with Crippen LogP contribution in [0.5, 0.6) is 0 Å². The minimum atomic E-state index is -0.239. The fourth-order valence-electron chi connectivity index (χ4n) is 2.38. The Balaban J connectivity index is 1.79. The lowest BCUT2D eigenvalue weighted by Gasteiger charge is -2.08. The molecule has 3 rings (SSSR count). The first-order valence-corrected chi connectivity index (χ1v) is 7.10. The fourth-order valence-corrected chi connectivity index (χ4v) is 2.38. The summed E-state index contributed by atoms with van der Waals surface area (Å²) in [5, 5.41) is 3.78. The Morgan fingerprint density at radius 3 is 2.59 bits per heavy atom. The predicted octanol–water partition coefficient (Wildman–Crippen LogP) is 3.08. The first-order chi connectivity index (χ1) is 10.5. The van der Waals surface area contributed by atoms with E-state index in [4.69, 9.17) is 4.42 Å². The first kappa shape index (κ1) is 14.3. The minimum absolute atomic E-state index is 0.239. The highest BCUT2D eigenvalue weighted by atomic mass is 16.3. The van der Waals surface area contributed by atoms with Gasteiger partial charge in [-0.15, -0.1) is 0 Å². The van der Waals surface area contributed by atoms with Crippen molar-refractivity contribution in [2.24, 2.45) is 0 Å². The van der Waals surface area contributed by atoms with Gasteiger partial charge in [-0.3, -0.25) is 4.79 Å². The van der Waals surface area contributed by atoms with Gasteiger partial charge in [0.2, 0.25) is 0 Å². The highest BCUT2D eigenvalue weighted by molar-refractivity contribution is 5.96. The van der Waals surface area contributed by atoms with Crippen molar-refractivity contribution in [3.05, 3.63) is 58.9 Å². The third-order valence-electron chi connectivity index (χ3n) is 3.70. The Morgan fingerprint density at radius 1 is 1.14 bits per heavy atom. The number of rotatable bonds is 3. The van der Waals surface area contributed by atoms with Crippen LogP contribution in [-0.4, -0.2) is 15.9 Å². The highest BCUT2D eigenvalue weighted by Gasteiger charge is 2.13. The molecule has 22 heavy (non-hydrogen) atoms. The average molecular weight is 295 g/mol. The summed E-state index contributed by atoms with van der Waals surface area (Å²) in [6.45, 7) is 6.18. The summed E-state index contributed by atoms with van der Waals surface area (Å²) < 4.78 is 5.62. The molecule has 1 N–H and O–H groups in total. The Hall–Kier alpha value is -2.69. The largest absolute Gasteiger partial charge is 0.451 e. The van der Waals surface area contributed by atoms with Crippen LogP contribution < -0.4 is 5.32 Å². The topological polar surface area (TPSA) is 68.0 Å². The van der Waals surface area contributed by atoms with E-state index in [9.17, 15) is 4.79 Å². The van der Waals surface area contributed by atoms with Crippen molar-refractivity contribution in [1.29, 1.82) is 0 Å². The van der Waals surface area contributed by atoms with E-state index < -0.39 is 0 Å². The number of furan rings is 1. The van der Waals surface area contributed by atoms with E-state index in [-0.39, 0.29) is 5.91 Å². The van der Waals surface area contributed by atoms with Crippen LogP contribution in [0, 0.1) is 20.8 Å². The summed E-state index contributed by atoms with van der Waals surface area (Å²) in [6.07, 6.45) is 1.53. The van der Waals surface area contributed by atoms with Crippen LogP contribution in [0.3, 0.4) is 0 Å². The Kier molecular flexibility index (Phi) is 3.63. The lowest BCUT2D eigenvalue weighted by Crippen LogP contribution is -2.23. The van der Waals surface area contributed by atoms with E-state index in [0.717, 1.165) is 33.5 Å². The van der Waals surface area contributed by atoms with Crippen molar-refractivity contribution in [2.75, 3.05) is 0 Å². The molecule has 0 saturated carbocycles. The van der Waals surface area contributed by atoms with Gasteiger partial charge < -0.3 is 9.73 Å². The number of aryl methyl sites for hydroxylation is 3. The van der Waals surface area contributed by atoms with Gasteiger partial charge in [0.05, 0.1) is 0 Å². The van der Waals surface area contributed by atoms with Crippen LogP contribution in [0.25, 0.3) is 11.0 Å². The molecule has 0 unspecified atom stereocenters. The lowest BCUT2D eigenvalue weighted by molar-refractivity contribution is 0.0925. The zero-order chi connectivity index (χ0) is 15.7. The molecule has 1 aromatic carbocycles. The molecule has 0 atom stereocenters. The number of aromatic nitrogens is 2. The smallest absolute Gasteiger partial charge is 0.287 e. The molecule has 0 aliphatic rings. The predicted molar refractivity (Wildman–Crippen MR) is 83.6 cm³/mol. The van der Waals surface area contributed by atoms with Gasteiger partial charge in [0.25, 0.3) is 5.91 Å². The number of carbonyl (C=O) groups excluding carboxylic acids is 1. The quantitative estimate of drug-likeness (QED) is 0.806. The second-order valence-electron chi connectivity index (χ2n) is 5.36. The van der Waals surface area contributed by atoms with Gasteiger partial charge in [0.15, 0.2) is 5.76 Å². The number of carbonyl (C=O) groups is 1. The SMILES string of the molecule is Cc1ccc2cc(C(=O)NCc3c(C)ncnc3C)oc2c1. The molecule has 112 valence electrons. The summed E-state index contributed by atoms with van der Waals surface area (Å²) in [6, 6.07) is 7.62. The van der Waals surface area contributed by atoms with Gasteiger partial charge in [-0.2, -0.15) is 0 Å². The van der Waals surface area contributed by atoms with Crippen molar-refractivity contribution in [1.82, 2.24) is 15.3 Å². The number of hydrogen-bond donors (Lipinski definition) is 1. The zero-order valence-electron chi connectivity index (χ0n) is 12.8. The average Bonchev–Trinajstić information content (AvgIpc) is 2.89. The maximum Gasteiger partial charge on any atom is 0.287 e. The molecule has 0 bridgehead atoms. The molecule has 0 aliphatic heterocycles. The molecule has 5 heteroatoms. The number of fused-ring (bicyclic) bond motifs is 1. The molecule has 2 aromatic heterocycles. The van der Waals surface area contributed by atoms with Crippen LogP contribution in [0.1, 0.15) is 33.1 Å². The number of nitrogens with one attached hydrogen (secondary N) is 1. The molecular weight excluding hydrogens is 278 g/mol. The monoisotopic (exact) mass is 295 g/mol. The number of nitrogens with zero attached hydrogens (tertiary/aromatic N) is 2. The maximum absolute atomic E-state index is 12.2. The van der Waals surface area contributed by atoms with Crippen molar-refractivity contribution in [3.63, 3.8) is 0 Å². The van der Waals surface area contributed by atoms with Gasteiger partial charge in [-0.05, 0) is 38.5 Å². The van der Waals surface area contributed by atoms with Gasteiger partial charge in [0, 0.05) is 28.9 Å². The van der Waals surface area contributed by atoms with Crippen LogP contribution in [0.2, 0.25) is 0 Å². The van der Waals surface area contributed by atoms with Gasteiger partial charge in [-0.25, -0.2) is 9.97 Å². The van der Waals surface area contributed by atoms with Crippen LogP contribution in [0.15, 0.2) is 35.0 Å². The van der Waals surface area contributed by atoms with E-state index in [1.807, 2.05) is 39.0 Å². The van der Waals surface area contributed by atoms with Crippen molar-refractivity contribution in [3.8, 4) is 0 Å². The summed E-state index contributed by atoms with van der Waals surface area (Å²) in [5.74, 6) is 0.0734. The summed E-state index contributed by atoms with van der Waals surface area (Å²) in [7, 11) is 0. The molecule has 0 aliphatic carbocycles. The van der Waals surface area contributed by atoms with E-state index in [0.29, 0.717) is 12.3 Å². The number of amides is 1. The molecule has 0 saturated heterocycles. The molecule has 5 nitrogen and oxygen atoms in total. The highest BCUT2D eigenvalue weighted by Crippen LogP contribution is 2.20. The Bertz CT molecular complexity index is 832. The third-order valence-corrected chi connectivity index (χ3v) is 3.70. The van der Waals surface area contributed by atoms with Crippen molar-refractivity contribution < 1.29 is 9.21 Å². The first-order valence-electron chi connectivity index (χ1n) is 7.10. The zero-order valence-corrected chi connectivity index (χ0v) is 12.8. The number of benzene rings is 1. The molecule has 0 radical (unpaired) electrons. The van der Waals surface area contributed by atoms with Gasteiger partial charge in [-0.1, -0.05) is 12.1 Å². The molecule has 0 spiro atoms. The fraction of sp³-hybridized carbons (Fsp3) is 0.235. The second kappa shape index (κ2) is 5.60.